The molecule has 0 spiro atoms. The second-order valence-corrected chi connectivity index (χ2v) is 8.61. The zero-order valence-corrected chi connectivity index (χ0v) is 17.9. The zero-order valence-electron chi connectivity index (χ0n) is 17.1. The summed E-state index contributed by atoms with van der Waals surface area (Å²) in [6.45, 7) is 0.545. The lowest BCUT2D eigenvalue weighted by Gasteiger charge is -2.21. The minimum absolute atomic E-state index is 0.00813. The molecule has 1 fully saturated rings. The summed E-state index contributed by atoms with van der Waals surface area (Å²) in [5.41, 5.74) is 6.63. The van der Waals surface area contributed by atoms with Crippen LogP contribution in [0.15, 0.2) is 65.6 Å². The molecule has 1 aliphatic rings. The third-order valence-electron chi connectivity index (χ3n) is 5.16. The van der Waals surface area contributed by atoms with Crippen LogP contribution in [-0.4, -0.2) is 48.8 Å². The summed E-state index contributed by atoms with van der Waals surface area (Å²) in [4.78, 5) is 25.5. The molecule has 1 heterocycles. The van der Waals surface area contributed by atoms with Crippen LogP contribution in [0.2, 0.25) is 0 Å². The number of hydrogen-bond donors (Lipinski definition) is 4. The molecule has 5 N–H and O–H groups in total. The largest absolute Gasteiger partial charge is 0.351 e. The topological polar surface area (TPSA) is 96.2 Å². The standard InChI is InChI=1S/C23H30N4O2S/c24-14-22(28)26-19-13-21(25-15-19)23(29)27-18(12-11-17-7-3-1-4-8-17)16-30-20-9-5-2-6-10-20/h1-10,18-19,21,25H,11-16,24H2,(H,26,28)(H,27,29)/t18-,19-,21+/m1/s1. The molecule has 160 valence electrons. The summed E-state index contributed by atoms with van der Waals surface area (Å²) in [5.74, 6) is 0.608. The predicted molar refractivity (Wildman–Crippen MR) is 121 cm³/mol. The molecule has 0 aliphatic carbocycles. The van der Waals surface area contributed by atoms with Crippen LogP contribution in [0.1, 0.15) is 18.4 Å². The fourth-order valence-corrected chi connectivity index (χ4v) is 4.52. The van der Waals surface area contributed by atoms with Gasteiger partial charge in [0.25, 0.3) is 0 Å². The Morgan fingerprint density at radius 2 is 1.80 bits per heavy atom. The van der Waals surface area contributed by atoms with E-state index in [2.05, 4.69) is 40.2 Å². The number of hydrogen-bond acceptors (Lipinski definition) is 5. The van der Waals surface area contributed by atoms with Crippen molar-refractivity contribution >= 4 is 23.6 Å². The summed E-state index contributed by atoms with van der Waals surface area (Å²) in [6, 6.07) is 20.3. The summed E-state index contributed by atoms with van der Waals surface area (Å²) in [6.07, 6.45) is 2.36. The zero-order chi connectivity index (χ0) is 21.2. The van der Waals surface area contributed by atoms with E-state index >= 15 is 0 Å². The maximum absolute atomic E-state index is 12.9. The average molecular weight is 427 g/mol. The highest BCUT2D eigenvalue weighted by molar-refractivity contribution is 7.99. The number of amides is 2. The van der Waals surface area contributed by atoms with E-state index in [0.29, 0.717) is 13.0 Å². The quantitative estimate of drug-likeness (QED) is 0.434. The molecule has 0 bridgehead atoms. The van der Waals surface area contributed by atoms with Crippen LogP contribution in [0.25, 0.3) is 0 Å². The summed E-state index contributed by atoms with van der Waals surface area (Å²) in [5, 5.41) is 9.29. The SMILES string of the molecule is NCC(=O)N[C@H]1CN[C@H](C(=O)N[C@H](CCc2ccccc2)CSc2ccccc2)C1. The number of carbonyl (C=O) groups excluding carboxylic acids is 2. The number of rotatable bonds is 10. The van der Waals surface area contributed by atoms with Crippen molar-refractivity contribution < 1.29 is 9.59 Å². The van der Waals surface area contributed by atoms with E-state index in [1.165, 1.54) is 10.5 Å². The van der Waals surface area contributed by atoms with E-state index in [9.17, 15) is 9.59 Å². The lowest BCUT2D eigenvalue weighted by molar-refractivity contribution is -0.124. The Balaban J connectivity index is 1.55. The number of aryl methyl sites for hydroxylation is 1. The van der Waals surface area contributed by atoms with Crippen LogP contribution in [0.3, 0.4) is 0 Å². The van der Waals surface area contributed by atoms with Crippen LogP contribution < -0.4 is 21.7 Å². The van der Waals surface area contributed by atoms with Crippen molar-refractivity contribution in [2.45, 2.75) is 42.3 Å². The minimum Gasteiger partial charge on any atom is -0.351 e. The highest BCUT2D eigenvalue weighted by Gasteiger charge is 2.31. The van der Waals surface area contributed by atoms with Crippen molar-refractivity contribution in [2.24, 2.45) is 5.73 Å². The Kier molecular flexibility index (Phi) is 8.74. The first kappa shape index (κ1) is 22.3. The number of nitrogens with two attached hydrogens (primary N) is 1. The van der Waals surface area contributed by atoms with Gasteiger partial charge in [-0.2, -0.15) is 0 Å². The average Bonchev–Trinajstić information content (AvgIpc) is 3.25. The normalized spacial score (nSPS) is 19.2. The van der Waals surface area contributed by atoms with Crippen molar-refractivity contribution in [3.05, 3.63) is 66.2 Å². The summed E-state index contributed by atoms with van der Waals surface area (Å²) >= 11 is 1.75. The van der Waals surface area contributed by atoms with Crippen molar-refractivity contribution in [1.29, 1.82) is 0 Å². The van der Waals surface area contributed by atoms with Gasteiger partial charge in [0.15, 0.2) is 0 Å². The molecule has 3 rings (SSSR count). The van der Waals surface area contributed by atoms with Gasteiger partial charge in [-0.15, -0.1) is 11.8 Å². The van der Waals surface area contributed by atoms with Crippen molar-refractivity contribution in [1.82, 2.24) is 16.0 Å². The van der Waals surface area contributed by atoms with Crippen LogP contribution >= 0.6 is 11.8 Å². The maximum atomic E-state index is 12.9. The van der Waals surface area contributed by atoms with Gasteiger partial charge in [-0.1, -0.05) is 48.5 Å². The van der Waals surface area contributed by atoms with Gasteiger partial charge in [0.2, 0.25) is 11.8 Å². The predicted octanol–water partition coefficient (Wildman–Crippen LogP) is 1.70. The van der Waals surface area contributed by atoms with Gasteiger partial charge in [0, 0.05) is 29.3 Å². The molecule has 0 radical (unpaired) electrons. The lowest BCUT2D eigenvalue weighted by atomic mass is 10.1. The van der Waals surface area contributed by atoms with Crippen LogP contribution in [0.5, 0.6) is 0 Å². The monoisotopic (exact) mass is 426 g/mol. The smallest absolute Gasteiger partial charge is 0.237 e. The molecule has 1 aliphatic heterocycles. The molecule has 2 aromatic rings. The van der Waals surface area contributed by atoms with E-state index in [4.69, 9.17) is 5.73 Å². The van der Waals surface area contributed by atoms with Crippen LogP contribution in [-0.2, 0) is 16.0 Å². The first-order valence-electron chi connectivity index (χ1n) is 10.4. The third kappa shape index (κ3) is 7.16. The molecule has 0 unspecified atom stereocenters. The highest BCUT2D eigenvalue weighted by atomic mass is 32.2. The van der Waals surface area contributed by atoms with E-state index in [0.717, 1.165) is 18.6 Å². The molecule has 2 aromatic carbocycles. The fourth-order valence-electron chi connectivity index (χ4n) is 3.53. The van der Waals surface area contributed by atoms with Crippen molar-refractivity contribution in [3.63, 3.8) is 0 Å². The van der Waals surface area contributed by atoms with Crippen LogP contribution in [0.4, 0.5) is 0 Å². The second-order valence-electron chi connectivity index (χ2n) is 7.52. The number of benzene rings is 2. The van der Waals surface area contributed by atoms with Gasteiger partial charge in [-0.3, -0.25) is 9.59 Å². The Labute approximate surface area is 182 Å². The van der Waals surface area contributed by atoms with Gasteiger partial charge in [0.1, 0.15) is 0 Å². The number of nitrogens with one attached hydrogen (secondary N) is 3. The van der Waals surface area contributed by atoms with Gasteiger partial charge in [-0.05, 0) is 37.0 Å². The Bertz CT molecular complexity index is 760. The molecule has 6 nitrogen and oxygen atoms in total. The first-order valence-corrected chi connectivity index (χ1v) is 11.4. The Morgan fingerprint density at radius 1 is 1.10 bits per heavy atom. The van der Waals surface area contributed by atoms with Crippen molar-refractivity contribution in [3.8, 4) is 0 Å². The second kappa shape index (κ2) is 11.7. The minimum atomic E-state index is -0.297. The van der Waals surface area contributed by atoms with Gasteiger partial charge < -0.3 is 21.7 Å². The first-order chi connectivity index (χ1) is 14.6. The molecule has 0 saturated carbocycles. The molecule has 7 heteroatoms. The molecule has 0 aromatic heterocycles. The van der Waals surface area contributed by atoms with Crippen molar-refractivity contribution in [2.75, 3.05) is 18.8 Å². The Hall–Kier alpha value is -2.35. The molecular weight excluding hydrogens is 396 g/mol. The van der Waals surface area contributed by atoms with Gasteiger partial charge >= 0.3 is 0 Å². The number of carbonyl (C=O) groups is 2. The molecule has 30 heavy (non-hydrogen) atoms. The van der Waals surface area contributed by atoms with Gasteiger partial charge in [-0.25, -0.2) is 0 Å². The van der Waals surface area contributed by atoms with E-state index < -0.39 is 0 Å². The van der Waals surface area contributed by atoms with Crippen LogP contribution in [0, 0.1) is 0 Å². The molecule has 3 atom stereocenters. The van der Waals surface area contributed by atoms with E-state index in [1.807, 2.05) is 36.4 Å². The fraction of sp³-hybridized carbons (Fsp3) is 0.391. The van der Waals surface area contributed by atoms with Gasteiger partial charge in [0.05, 0.1) is 12.6 Å². The van der Waals surface area contributed by atoms with E-state index in [-0.39, 0.29) is 36.5 Å². The maximum Gasteiger partial charge on any atom is 0.237 e. The summed E-state index contributed by atoms with van der Waals surface area (Å²) in [7, 11) is 0. The lowest BCUT2D eigenvalue weighted by Crippen LogP contribution is -2.46. The Morgan fingerprint density at radius 3 is 2.50 bits per heavy atom. The number of thioether (sulfide) groups is 1. The third-order valence-corrected chi connectivity index (χ3v) is 6.34. The van der Waals surface area contributed by atoms with E-state index in [1.54, 1.807) is 11.8 Å². The molecule has 1 saturated heterocycles. The molecular formula is C23H30N4O2S. The summed E-state index contributed by atoms with van der Waals surface area (Å²) < 4.78 is 0. The molecule has 2 amide bonds. The highest BCUT2D eigenvalue weighted by Crippen LogP contribution is 2.20.